The quantitative estimate of drug-likeness (QED) is 0.178. The molecule has 0 amide bonds. The van der Waals surface area contributed by atoms with Crippen LogP contribution >= 0.6 is 0 Å². The topological polar surface area (TPSA) is 34.5 Å². The number of hydrogen-bond acceptors (Lipinski definition) is 3. The van der Waals surface area contributed by atoms with Crippen molar-refractivity contribution < 1.29 is 8.83 Å². The molecule has 9 aromatic carbocycles. The summed E-state index contributed by atoms with van der Waals surface area (Å²) in [4.78, 5) is 2.38. The Bertz CT molecular complexity index is 3460. The Balaban J connectivity index is 1.18. The Morgan fingerprint density at radius 2 is 0.875 bits per heavy atom. The lowest BCUT2D eigenvalue weighted by Crippen LogP contribution is -2.14. The largest absolute Gasteiger partial charge is 0.455 e. The van der Waals surface area contributed by atoms with Gasteiger partial charge in [-0.1, -0.05) is 146 Å². The number of rotatable bonds is 5. The van der Waals surface area contributed by atoms with Crippen molar-refractivity contribution in [1.29, 1.82) is 0 Å². The van der Waals surface area contributed by atoms with Crippen molar-refractivity contribution in [2.24, 2.45) is 0 Å². The summed E-state index contributed by atoms with van der Waals surface area (Å²) in [7, 11) is 0. The third-order valence-corrected chi connectivity index (χ3v) is 11.4. The average molecular weight is 717 g/mol. The predicted molar refractivity (Wildman–Crippen MR) is 233 cm³/mol. The van der Waals surface area contributed by atoms with Crippen LogP contribution in [0.25, 0.3) is 93.3 Å². The molecule has 0 spiro atoms. The lowest BCUT2D eigenvalue weighted by atomic mass is 9.98. The Labute approximate surface area is 321 Å². The van der Waals surface area contributed by atoms with Crippen molar-refractivity contribution in [3.8, 4) is 16.8 Å². The highest BCUT2D eigenvalue weighted by Crippen LogP contribution is 2.49. The summed E-state index contributed by atoms with van der Waals surface area (Å²) >= 11 is 0. The number of furan rings is 2. The van der Waals surface area contributed by atoms with Gasteiger partial charge in [-0.15, -0.1) is 0 Å². The Morgan fingerprint density at radius 1 is 0.321 bits per heavy atom. The number of anilines is 3. The van der Waals surface area contributed by atoms with E-state index in [1.165, 1.54) is 10.8 Å². The average Bonchev–Trinajstić information content (AvgIpc) is 3.95. The van der Waals surface area contributed by atoms with Gasteiger partial charge in [-0.05, 0) is 53.9 Å². The van der Waals surface area contributed by atoms with Crippen LogP contribution in [0.1, 0.15) is 0 Å². The summed E-state index contributed by atoms with van der Waals surface area (Å²) < 4.78 is 16.2. The van der Waals surface area contributed by atoms with Gasteiger partial charge >= 0.3 is 0 Å². The van der Waals surface area contributed by atoms with Crippen molar-refractivity contribution in [2.75, 3.05) is 4.90 Å². The molecule has 0 radical (unpaired) electrons. The van der Waals surface area contributed by atoms with Gasteiger partial charge in [0.2, 0.25) is 0 Å². The molecular weight excluding hydrogens is 685 g/mol. The van der Waals surface area contributed by atoms with Crippen molar-refractivity contribution in [2.45, 2.75) is 0 Å². The summed E-state index contributed by atoms with van der Waals surface area (Å²) in [6.45, 7) is 0. The van der Waals surface area contributed by atoms with E-state index in [0.29, 0.717) is 0 Å². The van der Waals surface area contributed by atoms with Crippen molar-refractivity contribution in [1.82, 2.24) is 4.57 Å². The van der Waals surface area contributed by atoms with E-state index in [1.54, 1.807) is 0 Å². The van der Waals surface area contributed by atoms with Crippen LogP contribution in [0.15, 0.2) is 203 Å². The molecule has 4 heteroatoms. The molecule has 4 nitrogen and oxygen atoms in total. The molecule has 12 aromatic rings. The van der Waals surface area contributed by atoms with Crippen LogP contribution in [-0.2, 0) is 0 Å². The fourth-order valence-corrected chi connectivity index (χ4v) is 8.96. The number of hydrogen-bond donors (Lipinski definition) is 0. The lowest BCUT2D eigenvalue weighted by molar-refractivity contribution is 0.669. The zero-order chi connectivity index (χ0) is 36.7. The second kappa shape index (κ2) is 12.0. The first-order valence-electron chi connectivity index (χ1n) is 19.0. The summed E-state index contributed by atoms with van der Waals surface area (Å²) in [6, 6.07) is 68.9. The van der Waals surface area contributed by atoms with Crippen LogP contribution in [0.4, 0.5) is 17.1 Å². The first kappa shape index (κ1) is 30.9. The van der Waals surface area contributed by atoms with Crippen LogP contribution in [-0.4, -0.2) is 4.57 Å². The third-order valence-electron chi connectivity index (χ3n) is 11.4. The molecule has 0 aliphatic carbocycles. The molecule has 0 N–H and O–H groups in total. The Morgan fingerprint density at radius 3 is 1.70 bits per heavy atom. The van der Waals surface area contributed by atoms with E-state index >= 15 is 0 Å². The van der Waals surface area contributed by atoms with Crippen LogP contribution in [0.3, 0.4) is 0 Å². The normalized spacial score (nSPS) is 11.9. The number of aromatic nitrogens is 1. The smallest absolute Gasteiger partial charge is 0.159 e. The van der Waals surface area contributed by atoms with Gasteiger partial charge in [-0.3, -0.25) is 0 Å². The summed E-state index contributed by atoms with van der Waals surface area (Å²) in [5, 5.41) is 9.06. The van der Waals surface area contributed by atoms with E-state index in [9.17, 15) is 0 Å². The van der Waals surface area contributed by atoms with Gasteiger partial charge in [-0.2, -0.15) is 0 Å². The standard InChI is InChI=1S/C52H32N2O2/c1-2-16-34-33(15-1)31-32-42-41-22-13-21-39(51(41)56-50(34)42)37-19-5-9-26-45(37)54(48-29-14-23-40-38-20-6-12-30-49(38)55-52(40)48)47-28-11-10-27-46(47)53-43-24-7-3-17-35(43)36-18-4-8-25-44(36)53/h1-32H. The number of nitrogens with zero attached hydrogens (tertiary/aromatic N) is 2. The monoisotopic (exact) mass is 716 g/mol. The van der Waals surface area contributed by atoms with Crippen LogP contribution in [0.5, 0.6) is 0 Å². The minimum Gasteiger partial charge on any atom is -0.455 e. The van der Waals surface area contributed by atoms with Crippen molar-refractivity contribution in [3.63, 3.8) is 0 Å². The fraction of sp³-hybridized carbons (Fsp3) is 0. The van der Waals surface area contributed by atoms with Gasteiger partial charge in [0.15, 0.2) is 5.58 Å². The van der Waals surface area contributed by atoms with Crippen LogP contribution < -0.4 is 4.90 Å². The molecule has 3 aromatic heterocycles. The van der Waals surface area contributed by atoms with Gasteiger partial charge in [-0.25, -0.2) is 0 Å². The minimum atomic E-state index is 0.828. The van der Waals surface area contributed by atoms with E-state index in [4.69, 9.17) is 8.83 Å². The van der Waals surface area contributed by atoms with E-state index in [-0.39, 0.29) is 0 Å². The Kier molecular flexibility index (Phi) is 6.60. The van der Waals surface area contributed by atoms with E-state index < -0.39 is 0 Å². The molecule has 0 unspecified atom stereocenters. The molecule has 0 saturated heterocycles. The summed E-state index contributed by atoms with van der Waals surface area (Å²) in [5.74, 6) is 0. The highest BCUT2D eigenvalue weighted by atomic mass is 16.3. The van der Waals surface area contributed by atoms with Gasteiger partial charge in [0.05, 0.1) is 33.8 Å². The second-order valence-corrected chi connectivity index (χ2v) is 14.4. The van der Waals surface area contributed by atoms with Gasteiger partial charge in [0, 0.05) is 48.8 Å². The van der Waals surface area contributed by atoms with E-state index in [0.717, 1.165) is 99.6 Å². The number of para-hydroxylation sites is 8. The van der Waals surface area contributed by atoms with E-state index in [2.05, 4.69) is 198 Å². The van der Waals surface area contributed by atoms with Gasteiger partial charge in [0.1, 0.15) is 16.7 Å². The molecule has 0 aliphatic heterocycles. The van der Waals surface area contributed by atoms with E-state index in [1.807, 2.05) is 6.07 Å². The summed E-state index contributed by atoms with van der Waals surface area (Å²) in [5.41, 5.74) is 11.9. The molecule has 56 heavy (non-hydrogen) atoms. The number of benzene rings is 9. The molecular formula is C52H32N2O2. The number of fused-ring (bicyclic) bond motifs is 11. The minimum absolute atomic E-state index is 0.828. The molecule has 0 saturated carbocycles. The molecule has 0 bridgehead atoms. The first-order valence-corrected chi connectivity index (χ1v) is 19.0. The Hall–Kier alpha value is -7.56. The van der Waals surface area contributed by atoms with Crippen LogP contribution in [0, 0.1) is 0 Å². The second-order valence-electron chi connectivity index (χ2n) is 14.4. The first-order chi connectivity index (χ1) is 27.8. The zero-order valence-corrected chi connectivity index (χ0v) is 30.2. The highest BCUT2D eigenvalue weighted by Gasteiger charge is 2.26. The highest BCUT2D eigenvalue weighted by molar-refractivity contribution is 6.18. The van der Waals surface area contributed by atoms with Gasteiger partial charge < -0.3 is 18.3 Å². The maximum Gasteiger partial charge on any atom is 0.159 e. The molecule has 0 atom stereocenters. The lowest BCUT2D eigenvalue weighted by Gasteiger charge is -2.30. The third kappa shape index (κ3) is 4.41. The fourth-order valence-electron chi connectivity index (χ4n) is 8.96. The van der Waals surface area contributed by atoms with Crippen molar-refractivity contribution in [3.05, 3.63) is 194 Å². The molecule has 3 heterocycles. The molecule has 0 fully saturated rings. The van der Waals surface area contributed by atoms with Gasteiger partial charge in [0.25, 0.3) is 0 Å². The predicted octanol–water partition coefficient (Wildman–Crippen LogP) is 14.9. The SMILES string of the molecule is c1ccc(N(c2ccccc2-n2c3ccccc3c3ccccc32)c2cccc3c2oc2ccccc23)c(-c2cccc3c2oc2c4ccccc4ccc32)c1. The maximum absolute atomic E-state index is 6.95. The molecule has 12 rings (SSSR count). The zero-order valence-electron chi connectivity index (χ0n) is 30.2. The van der Waals surface area contributed by atoms with Crippen LogP contribution in [0.2, 0.25) is 0 Å². The van der Waals surface area contributed by atoms with Crippen molar-refractivity contribution >= 4 is 93.5 Å². The molecule has 0 aliphatic rings. The molecule has 262 valence electrons. The summed E-state index contributed by atoms with van der Waals surface area (Å²) in [6.07, 6.45) is 0. The maximum atomic E-state index is 6.95.